The van der Waals surface area contributed by atoms with Gasteiger partial charge in [0.2, 0.25) is 5.43 Å². The summed E-state index contributed by atoms with van der Waals surface area (Å²) in [6.07, 6.45) is 7.28. The molecule has 1 aromatic carbocycles. The first kappa shape index (κ1) is 23.6. The van der Waals surface area contributed by atoms with Crippen molar-refractivity contribution < 1.29 is 13.9 Å². The van der Waals surface area contributed by atoms with Crippen molar-refractivity contribution >= 4 is 28.6 Å². The summed E-state index contributed by atoms with van der Waals surface area (Å²) >= 11 is 0. The highest BCUT2D eigenvalue weighted by Crippen LogP contribution is 2.35. The predicted octanol–water partition coefficient (Wildman–Crippen LogP) is 5.56. The average Bonchev–Trinajstić information content (AvgIpc) is 3.24. The molecule has 0 spiro atoms. The van der Waals surface area contributed by atoms with Crippen molar-refractivity contribution in [3.05, 3.63) is 45.5 Å². The highest BCUT2D eigenvalue weighted by molar-refractivity contribution is 5.98. The van der Waals surface area contributed by atoms with Gasteiger partial charge >= 0.3 is 5.97 Å². The standard InChI is InChI=1S/C22H27FN2O3.C2H6/c1-5-9-15-19-16(12-18(23)20(15)24-10-7-8-11-24)21(26)17(22(27)28-6-2)13-25(19)14(3)4;1-2/h5,9,12-14H,6-8,10-11H2,1-4H3;1-2H3/b9-5-;. The van der Waals surface area contributed by atoms with Crippen LogP contribution in [0.5, 0.6) is 0 Å². The number of pyridine rings is 1. The lowest BCUT2D eigenvalue weighted by Gasteiger charge is -2.25. The van der Waals surface area contributed by atoms with E-state index in [0.29, 0.717) is 16.8 Å². The van der Waals surface area contributed by atoms with E-state index in [0.717, 1.165) is 25.9 Å². The number of hydrogen-bond acceptors (Lipinski definition) is 4. The lowest BCUT2D eigenvalue weighted by molar-refractivity contribution is 0.0524. The highest BCUT2D eigenvalue weighted by Gasteiger charge is 2.26. The molecule has 0 aliphatic carbocycles. The van der Waals surface area contributed by atoms with Gasteiger partial charge in [-0.2, -0.15) is 0 Å². The van der Waals surface area contributed by atoms with Crippen molar-refractivity contribution in [3.8, 4) is 0 Å². The van der Waals surface area contributed by atoms with Gasteiger partial charge in [-0.05, 0) is 46.6 Å². The van der Waals surface area contributed by atoms with Crippen LogP contribution >= 0.6 is 0 Å². The number of halogens is 1. The van der Waals surface area contributed by atoms with E-state index in [9.17, 15) is 9.59 Å². The van der Waals surface area contributed by atoms with Crippen LogP contribution in [0.3, 0.4) is 0 Å². The summed E-state index contributed by atoms with van der Waals surface area (Å²) in [4.78, 5) is 27.4. The number of aromatic nitrogens is 1. The van der Waals surface area contributed by atoms with Crippen molar-refractivity contribution in [1.29, 1.82) is 0 Å². The zero-order valence-corrected chi connectivity index (χ0v) is 18.9. The minimum absolute atomic E-state index is 0.0304. The third kappa shape index (κ3) is 4.42. The van der Waals surface area contributed by atoms with Gasteiger partial charge in [0.15, 0.2) is 0 Å². The number of rotatable bonds is 5. The van der Waals surface area contributed by atoms with Gasteiger partial charge in [-0.3, -0.25) is 4.79 Å². The fourth-order valence-electron chi connectivity index (χ4n) is 3.86. The fourth-order valence-corrected chi connectivity index (χ4v) is 3.86. The summed E-state index contributed by atoms with van der Waals surface area (Å²) in [6.45, 7) is 13.2. The molecule has 0 atom stereocenters. The second kappa shape index (κ2) is 10.4. The number of carbonyl (C=O) groups is 1. The summed E-state index contributed by atoms with van der Waals surface area (Å²) in [6, 6.07) is 1.25. The van der Waals surface area contributed by atoms with E-state index in [1.165, 1.54) is 6.07 Å². The summed E-state index contributed by atoms with van der Waals surface area (Å²) < 4.78 is 22.1. The molecule has 30 heavy (non-hydrogen) atoms. The topological polar surface area (TPSA) is 51.5 Å². The van der Waals surface area contributed by atoms with Crippen molar-refractivity contribution in [2.24, 2.45) is 0 Å². The van der Waals surface area contributed by atoms with Crippen molar-refractivity contribution in [2.45, 2.75) is 60.4 Å². The van der Waals surface area contributed by atoms with E-state index < -0.39 is 17.2 Å². The van der Waals surface area contributed by atoms with E-state index in [2.05, 4.69) is 0 Å². The molecule has 164 valence electrons. The van der Waals surface area contributed by atoms with Crippen LogP contribution in [0.1, 0.15) is 76.3 Å². The molecule has 1 aliphatic heterocycles. The fraction of sp³-hybridized carbons (Fsp3) is 0.500. The van der Waals surface area contributed by atoms with Gasteiger partial charge in [-0.25, -0.2) is 9.18 Å². The van der Waals surface area contributed by atoms with Crippen LogP contribution in [0, 0.1) is 5.82 Å². The maximum Gasteiger partial charge on any atom is 0.343 e. The molecule has 2 aromatic rings. The van der Waals surface area contributed by atoms with Gasteiger partial charge in [0.25, 0.3) is 0 Å². The SMILES string of the molecule is C/C=C\c1c(N2CCCC2)c(F)cc2c(=O)c(C(=O)OCC)cn(C(C)C)c12.CC. The molecule has 5 nitrogen and oxygen atoms in total. The van der Waals surface area contributed by atoms with Crippen LogP contribution in [0.15, 0.2) is 23.1 Å². The van der Waals surface area contributed by atoms with Crippen LogP contribution in [-0.2, 0) is 4.74 Å². The Kier molecular flexibility index (Phi) is 8.21. The Bertz CT molecular complexity index is 986. The van der Waals surface area contributed by atoms with Crippen LogP contribution < -0.4 is 10.3 Å². The molecule has 0 amide bonds. The van der Waals surface area contributed by atoms with Gasteiger partial charge in [-0.1, -0.05) is 26.0 Å². The number of nitrogens with zero attached hydrogens (tertiary/aromatic N) is 2. The lowest BCUT2D eigenvalue weighted by Crippen LogP contribution is -2.25. The minimum atomic E-state index is -0.680. The molecule has 0 bridgehead atoms. The van der Waals surface area contributed by atoms with E-state index in [4.69, 9.17) is 4.74 Å². The Morgan fingerprint density at radius 3 is 2.43 bits per heavy atom. The first-order chi connectivity index (χ1) is 14.4. The van der Waals surface area contributed by atoms with E-state index >= 15 is 4.39 Å². The first-order valence-electron chi connectivity index (χ1n) is 10.9. The summed E-state index contributed by atoms with van der Waals surface area (Å²) in [7, 11) is 0. The second-order valence-electron chi connectivity index (χ2n) is 7.30. The monoisotopic (exact) mass is 416 g/mol. The number of fused-ring (bicyclic) bond motifs is 1. The second-order valence-corrected chi connectivity index (χ2v) is 7.30. The molecule has 0 unspecified atom stereocenters. The molecular formula is C24H33FN2O3. The van der Waals surface area contributed by atoms with E-state index in [-0.39, 0.29) is 23.6 Å². The van der Waals surface area contributed by atoms with Crippen molar-refractivity contribution in [3.63, 3.8) is 0 Å². The predicted molar refractivity (Wildman–Crippen MR) is 122 cm³/mol. The van der Waals surface area contributed by atoms with Crippen molar-refractivity contribution in [2.75, 3.05) is 24.6 Å². The Morgan fingerprint density at radius 2 is 1.90 bits per heavy atom. The molecular weight excluding hydrogens is 383 g/mol. The number of allylic oxidation sites excluding steroid dienone is 1. The summed E-state index contributed by atoms with van der Waals surface area (Å²) in [5, 5.41) is 0.202. The molecule has 1 fully saturated rings. The third-order valence-electron chi connectivity index (χ3n) is 5.09. The Morgan fingerprint density at radius 1 is 1.27 bits per heavy atom. The molecule has 1 aliphatic rings. The zero-order chi connectivity index (χ0) is 22.4. The van der Waals surface area contributed by atoms with Gasteiger partial charge in [-0.15, -0.1) is 0 Å². The quantitative estimate of drug-likeness (QED) is 0.599. The molecule has 0 saturated carbocycles. The molecule has 0 N–H and O–H groups in total. The molecule has 1 aromatic heterocycles. The van der Waals surface area contributed by atoms with Crippen LogP contribution in [0.4, 0.5) is 10.1 Å². The van der Waals surface area contributed by atoms with E-state index in [1.54, 1.807) is 13.1 Å². The zero-order valence-electron chi connectivity index (χ0n) is 18.9. The molecule has 6 heteroatoms. The van der Waals surface area contributed by atoms with Crippen LogP contribution in [0.25, 0.3) is 17.0 Å². The van der Waals surface area contributed by atoms with Gasteiger partial charge in [0, 0.05) is 30.9 Å². The maximum atomic E-state index is 15.2. The number of ether oxygens (including phenoxy) is 1. The largest absolute Gasteiger partial charge is 0.462 e. The van der Waals surface area contributed by atoms with Gasteiger partial charge in [0.1, 0.15) is 11.4 Å². The average molecular weight is 417 g/mol. The summed E-state index contributed by atoms with van der Waals surface area (Å²) in [5.74, 6) is -1.11. The number of esters is 1. The Labute approximate surface area is 178 Å². The lowest BCUT2D eigenvalue weighted by atomic mass is 10.0. The molecule has 0 radical (unpaired) electrons. The van der Waals surface area contributed by atoms with Crippen molar-refractivity contribution in [1.82, 2.24) is 4.57 Å². The smallest absolute Gasteiger partial charge is 0.343 e. The van der Waals surface area contributed by atoms with Crippen LogP contribution in [-0.4, -0.2) is 30.2 Å². The Balaban J connectivity index is 0.00000155. The van der Waals surface area contributed by atoms with Crippen LogP contribution in [0.2, 0.25) is 0 Å². The Hall–Kier alpha value is -2.63. The minimum Gasteiger partial charge on any atom is -0.462 e. The highest BCUT2D eigenvalue weighted by atomic mass is 19.1. The van der Waals surface area contributed by atoms with Gasteiger partial charge < -0.3 is 14.2 Å². The third-order valence-corrected chi connectivity index (χ3v) is 5.09. The molecule has 1 saturated heterocycles. The number of anilines is 1. The number of hydrogen-bond donors (Lipinski definition) is 0. The normalized spacial score (nSPS) is 13.8. The maximum absolute atomic E-state index is 15.2. The van der Waals surface area contributed by atoms with Gasteiger partial charge in [0.05, 0.1) is 23.2 Å². The van der Waals surface area contributed by atoms with E-state index in [1.807, 2.05) is 56.2 Å². The number of carbonyl (C=O) groups excluding carboxylic acids is 1. The summed E-state index contributed by atoms with van der Waals surface area (Å²) in [5.41, 5.74) is 1.29. The molecule has 2 heterocycles. The molecule has 3 rings (SSSR count). The number of benzene rings is 1. The first-order valence-corrected chi connectivity index (χ1v) is 10.9.